The van der Waals surface area contributed by atoms with Gasteiger partial charge in [0.25, 0.3) is 0 Å². The van der Waals surface area contributed by atoms with Crippen molar-refractivity contribution in [2.75, 3.05) is 33.0 Å². The minimum Gasteiger partial charge on any atom is -0.396 e. The highest BCUT2D eigenvalue weighted by molar-refractivity contribution is 7.17. The molecule has 0 aliphatic rings. The summed E-state index contributed by atoms with van der Waals surface area (Å²) in [4.78, 5) is 0. The quantitative estimate of drug-likeness (QED) is 0.189. The van der Waals surface area contributed by atoms with E-state index >= 15 is 0 Å². The van der Waals surface area contributed by atoms with E-state index in [1.807, 2.05) is 0 Å². The van der Waals surface area contributed by atoms with Crippen molar-refractivity contribution in [1.82, 2.24) is 0 Å². The van der Waals surface area contributed by atoms with Gasteiger partial charge in [-0.15, -0.1) is 9.24 Å². The first-order valence-corrected chi connectivity index (χ1v) is 10.2. The lowest BCUT2D eigenvalue weighted by molar-refractivity contribution is 0.240. The molecule has 0 spiro atoms. The van der Waals surface area contributed by atoms with E-state index in [4.69, 9.17) is 30.6 Å². The third kappa shape index (κ3) is 45.4. The summed E-state index contributed by atoms with van der Waals surface area (Å²) in [5.74, 6) is -0.260. The molecule has 0 rings (SSSR count). The Morgan fingerprint density at radius 1 is 0.440 bits per heavy atom. The summed E-state index contributed by atoms with van der Waals surface area (Å²) >= 11 is 0. The van der Waals surface area contributed by atoms with Crippen LogP contribution in [0, 0.1) is 0 Å². The maximum Gasteiger partial charge on any atom is 0.0673 e. The van der Waals surface area contributed by atoms with Crippen molar-refractivity contribution in [2.24, 2.45) is 0 Å². The molecule has 0 aromatic heterocycles. The van der Waals surface area contributed by atoms with E-state index in [-0.39, 0.29) is 38.9 Å². The third-order valence-electron chi connectivity index (χ3n) is 3.29. The largest absolute Gasteiger partial charge is 0.396 e. The van der Waals surface area contributed by atoms with E-state index in [0.717, 1.165) is 77.0 Å². The molecule has 0 heterocycles. The van der Waals surface area contributed by atoms with Crippen molar-refractivity contribution in [3.8, 4) is 0 Å². The van der Waals surface area contributed by atoms with Gasteiger partial charge in [-0.2, -0.15) is 0 Å². The van der Waals surface area contributed by atoms with Crippen LogP contribution in [0.5, 0.6) is 0 Å². The van der Waals surface area contributed by atoms with Gasteiger partial charge in [-0.05, 0) is 38.5 Å². The second-order valence-corrected chi connectivity index (χ2v) is 6.63. The molecular formula is C18H43O6P. The van der Waals surface area contributed by atoms with Crippen LogP contribution in [0.3, 0.4) is 0 Å². The first-order valence-electron chi connectivity index (χ1n) is 9.58. The smallest absolute Gasteiger partial charge is 0.0673 e. The summed E-state index contributed by atoms with van der Waals surface area (Å²) in [6, 6.07) is 0. The molecule has 0 aliphatic heterocycles. The van der Waals surface area contributed by atoms with Gasteiger partial charge in [0.15, 0.2) is 0 Å². The lowest BCUT2D eigenvalue weighted by atomic mass is 10.2. The van der Waals surface area contributed by atoms with Crippen LogP contribution < -0.4 is 0 Å². The maximum absolute atomic E-state index is 8.75. The second-order valence-electron chi connectivity index (χ2n) is 5.86. The van der Waals surface area contributed by atoms with E-state index in [9.17, 15) is 0 Å². The molecule has 25 heavy (non-hydrogen) atoms. The van der Waals surface area contributed by atoms with Crippen LogP contribution in [0.25, 0.3) is 0 Å². The fourth-order valence-corrected chi connectivity index (χ4v) is 2.03. The van der Waals surface area contributed by atoms with Gasteiger partial charge in [-0.3, -0.25) is 0 Å². The molecule has 0 aromatic carbocycles. The van der Waals surface area contributed by atoms with Crippen molar-refractivity contribution in [2.45, 2.75) is 82.9 Å². The van der Waals surface area contributed by atoms with Crippen LogP contribution in [-0.2, 0) is 0 Å². The van der Waals surface area contributed by atoms with Crippen molar-refractivity contribution in [3.05, 3.63) is 0 Å². The van der Waals surface area contributed by atoms with Crippen LogP contribution in [0.2, 0.25) is 0 Å². The zero-order chi connectivity index (χ0) is 19.6. The molecular weight excluding hydrogens is 343 g/mol. The van der Waals surface area contributed by atoms with Gasteiger partial charge in [0.05, 0.1) is 5.85 Å². The Morgan fingerprint density at radius 2 is 0.680 bits per heavy atom. The Morgan fingerprint density at radius 3 is 0.880 bits per heavy atom. The number of aliphatic hydroxyl groups is 6. The zero-order valence-corrected chi connectivity index (χ0v) is 17.0. The van der Waals surface area contributed by atoms with Crippen LogP contribution in [0.15, 0.2) is 0 Å². The van der Waals surface area contributed by atoms with E-state index in [0.29, 0.717) is 0 Å². The van der Waals surface area contributed by atoms with Gasteiger partial charge in [-0.25, -0.2) is 0 Å². The van der Waals surface area contributed by atoms with Gasteiger partial charge in [0.1, 0.15) is 0 Å². The average molecular weight is 387 g/mol. The Labute approximate surface area is 156 Å². The molecule has 0 fully saturated rings. The zero-order valence-electron chi connectivity index (χ0n) is 15.9. The fraction of sp³-hybridized carbons (Fsp3) is 1.00. The molecule has 2 atom stereocenters. The number of hydrogen-bond acceptors (Lipinski definition) is 6. The topological polar surface area (TPSA) is 121 Å². The summed E-state index contributed by atoms with van der Waals surface area (Å²) in [5.41, 5.74) is 0. The summed E-state index contributed by atoms with van der Waals surface area (Å²) < 4.78 is 0. The number of hydrogen-bond donors (Lipinski definition) is 6. The molecule has 0 aromatic rings. The van der Waals surface area contributed by atoms with Crippen molar-refractivity contribution < 1.29 is 30.6 Å². The number of aliphatic hydroxyl groups excluding tert-OH is 6. The lowest BCUT2D eigenvalue weighted by Crippen LogP contribution is -1.94. The Hall–Kier alpha value is 0.190. The van der Waals surface area contributed by atoms with Gasteiger partial charge >= 0.3 is 0 Å². The Kier molecular flexibility index (Phi) is 38.2. The summed E-state index contributed by atoms with van der Waals surface area (Å²) in [6.07, 6.45) is 11.4. The minimum absolute atomic E-state index is 0.260. The Balaban J connectivity index is -0.000000291. The van der Waals surface area contributed by atoms with Crippen LogP contribution in [-0.4, -0.2) is 69.5 Å². The van der Waals surface area contributed by atoms with E-state index < -0.39 is 0 Å². The summed E-state index contributed by atoms with van der Waals surface area (Å²) in [6.45, 7) is 1.40. The predicted octanol–water partition coefficient (Wildman–Crippen LogP) is 1.80. The number of unbranched alkanes of at least 4 members (excludes halogenated alkanes) is 8. The molecule has 0 aliphatic carbocycles. The Bertz CT molecular complexity index is 172. The highest BCUT2D eigenvalue weighted by atomic mass is 31.0. The molecule has 7 heteroatoms. The summed E-state index contributed by atoms with van der Waals surface area (Å²) in [7, 11) is 2.34. The van der Waals surface area contributed by atoms with E-state index in [1.165, 1.54) is 0 Å². The van der Waals surface area contributed by atoms with E-state index in [1.54, 1.807) is 0 Å². The molecule has 2 unspecified atom stereocenters. The van der Waals surface area contributed by atoms with E-state index in [2.05, 4.69) is 9.24 Å². The van der Waals surface area contributed by atoms with Gasteiger partial charge in [-0.1, -0.05) is 38.5 Å². The first kappa shape index (κ1) is 29.9. The first-order chi connectivity index (χ1) is 12.1. The molecule has 156 valence electrons. The molecule has 6 N–H and O–H groups in total. The maximum atomic E-state index is 8.75. The van der Waals surface area contributed by atoms with Crippen LogP contribution in [0.4, 0.5) is 0 Å². The van der Waals surface area contributed by atoms with Gasteiger partial charge in [0, 0.05) is 33.0 Å². The summed E-state index contributed by atoms with van der Waals surface area (Å²) in [5, 5.41) is 50.3. The van der Waals surface area contributed by atoms with Crippen molar-refractivity contribution >= 4 is 9.24 Å². The molecule has 0 bridgehead atoms. The SMILES string of the molecule is OCCCCCC(O)P.OCCCCCCO.OCCCCCCO. The van der Waals surface area contributed by atoms with Crippen LogP contribution in [0.1, 0.15) is 77.0 Å². The van der Waals surface area contributed by atoms with Gasteiger partial charge in [0.2, 0.25) is 0 Å². The normalized spacial score (nSPS) is 11.2. The fourth-order valence-electron chi connectivity index (χ4n) is 1.80. The second kappa shape index (κ2) is 31.9. The molecule has 0 saturated heterocycles. The molecule has 0 radical (unpaired) electrons. The number of rotatable bonds is 15. The highest BCUT2D eigenvalue weighted by Crippen LogP contribution is 2.07. The standard InChI is InChI=1S/C6H15O2P.2C6H14O2/c7-5-3-1-2-4-6(8)9;2*7-5-3-1-2-4-6-8/h6-8H,1-5,9H2;2*7-8H,1-6H2. The average Bonchev–Trinajstić information content (AvgIpc) is 2.61. The van der Waals surface area contributed by atoms with Gasteiger partial charge < -0.3 is 30.6 Å². The van der Waals surface area contributed by atoms with Crippen LogP contribution >= 0.6 is 9.24 Å². The van der Waals surface area contributed by atoms with Crippen molar-refractivity contribution in [3.63, 3.8) is 0 Å². The molecule has 0 saturated carbocycles. The van der Waals surface area contributed by atoms with Crippen molar-refractivity contribution in [1.29, 1.82) is 0 Å². The lowest BCUT2D eigenvalue weighted by Gasteiger charge is -2.01. The molecule has 6 nitrogen and oxygen atoms in total. The molecule has 0 amide bonds. The monoisotopic (exact) mass is 386 g/mol. The highest BCUT2D eigenvalue weighted by Gasteiger charge is 1.93. The predicted molar refractivity (Wildman–Crippen MR) is 107 cm³/mol. The minimum atomic E-state index is -0.260. The third-order valence-corrected chi connectivity index (χ3v) is 3.62.